The van der Waals surface area contributed by atoms with E-state index in [0.717, 1.165) is 38.5 Å². The van der Waals surface area contributed by atoms with Gasteiger partial charge >= 0.3 is 11.9 Å². The predicted octanol–water partition coefficient (Wildman–Crippen LogP) is 23.1. The molecule has 408 valence electrons. The Bertz CT molecular complexity index is 918. The molecule has 0 amide bonds. The molecule has 0 aliphatic heterocycles. The first-order valence-electron chi connectivity index (χ1n) is 31.9. The zero-order chi connectivity index (χ0) is 49.7. The summed E-state index contributed by atoms with van der Waals surface area (Å²) in [7, 11) is 0. The number of hydrogen-bond donors (Lipinski definition) is 1. The third-order valence-corrected chi connectivity index (χ3v) is 14.9. The molecule has 0 heterocycles. The van der Waals surface area contributed by atoms with Gasteiger partial charge in [0.15, 0.2) is 0 Å². The number of aliphatic carboxylic acids is 1. The van der Waals surface area contributed by atoms with Crippen molar-refractivity contribution in [3.8, 4) is 0 Å². The second-order valence-electron chi connectivity index (χ2n) is 21.9. The van der Waals surface area contributed by atoms with Crippen LogP contribution in [0.5, 0.6) is 0 Å². The molecular formula is C64H128O4. The summed E-state index contributed by atoms with van der Waals surface area (Å²) in [5.41, 5.74) is 0. The minimum Gasteiger partial charge on any atom is -0.481 e. The van der Waals surface area contributed by atoms with Gasteiger partial charge in [0.05, 0.1) is 12.5 Å². The van der Waals surface area contributed by atoms with Crippen molar-refractivity contribution in [2.24, 2.45) is 5.92 Å². The lowest BCUT2D eigenvalue weighted by atomic mass is 9.94. The fraction of sp³-hybridized carbons (Fsp3) is 0.969. The standard InChI is InChI=1S/C36H72O2.C28H56O2/c1-3-5-7-9-11-13-15-17-19-21-23-25-27-29-31-33-35-38-36(37)34-32-30-28-26-24-22-20-18-16-14-12-10-8-6-4-2;1-3-5-7-9-11-13-14-15-16-17-18-20-22-24-26-27(28(29)30)25-23-21-19-12-10-8-6-4-2/h3-35H2,1-2H3;27H,3-26H2,1-2H3,(H,29,30). The van der Waals surface area contributed by atoms with Crippen LogP contribution >= 0.6 is 0 Å². The van der Waals surface area contributed by atoms with Gasteiger partial charge in [-0.2, -0.15) is 0 Å². The van der Waals surface area contributed by atoms with Crippen LogP contribution in [0.2, 0.25) is 0 Å². The number of carbonyl (C=O) groups is 2. The first-order chi connectivity index (χ1) is 33.5. The highest BCUT2D eigenvalue weighted by Gasteiger charge is 2.16. The van der Waals surface area contributed by atoms with E-state index in [1.807, 2.05) is 0 Å². The Balaban J connectivity index is 0. The lowest BCUT2D eigenvalue weighted by Crippen LogP contribution is -2.13. The molecule has 0 bridgehead atoms. The van der Waals surface area contributed by atoms with Crippen molar-refractivity contribution in [3.05, 3.63) is 0 Å². The maximum atomic E-state index is 11.9. The van der Waals surface area contributed by atoms with E-state index in [0.29, 0.717) is 13.0 Å². The fourth-order valence-corrected chi connectivity index (χ4v) is 10.1. The maximum absolute atomic E-state index is 11.9. The van der Waals surface area contributed by atoms with Crippen LogP contribution in [0.25, 0.3) is 0 Å². The van der Waals surface area contributed by atoms with Crippen LogP contribution in [-0.4, -0.2) is 23.7 Å². The van der Waals surface area contributed by atoms with E-state index in [1.165, 1.54) is 315 Å². The lowest BCUT2D eigenvalue weighted by Gasteiger charge is -2.12. The van der Waals surface area contributed by atoms with E-state index in [-0.39, 0.29) is 11.9 Å². The van der Waals surface area contributed by atoms with Gasteiger partial charge < -0.3 is 9.84 Å². The first-order valence-corrected chi connectivity index (χ1v) is 31.9. The van der Waals surface area contributed by atoms with Crippen LogP contribution < -0.4 is 0 Å². The molecule has 0 fully saturated rings. The summed E-state index contributed by atoms with van der Waals surface area (Å²) < 4.78 is 5.44. The number of carboxylic acid groups (broad SMARTS) is 1. The number of unbranched alkanes of at least 4 members (excludes halogenated alkanes) is 49. The zero-order valence-corrected chi connectivity index (χ0v) is 47.6. The third kappa shape index (κ3) is 63.0. The third-order valence-electron chi connectivity index (χ3n) is 14.9. The Hall–Kier alpha value is -1.06. The molecule has 0 saturated heterocycles. The maximum Gasteiger partial charge on any atom is 0.306 e. The Labute approximate surface area is 429 Å². The Kier molecular flexibility index (Phi) is 64.9. The quantitative estimate of drug-likeness (QED) is 0.0487. The monoisotopic (exact) mass is 961 g/mol. The molecule has 0 radical (unpaired) electrons. The van der Waals surface area contributed by atoms with Crippen molar-refractivity contribution in [1.82, 2.24) is 0 Å². The van der Waals surface area contributed by atoms with E-state index >= 15 is 0 Å². The molecule has 0 rings (SSSR count). The molecular weight excluding hydrogens is 833 g/mol. The molecule has 1 N–H and O–H groups in total. The van der Waals surface area contributed by atoms with Crippen molar-refractivity contribution in [2.45, 2.75) is 387 Å². The van der Waals surface area contributed by atoms with Crippen LogP contribution in [0.3, 0.4) is 0 Å². The Morgan fingerprint density at radius 3 is 0.691 bits per heavy atom. The fourth-order valence-electron chi connectivity index (χ4n) is 10.1. The summed E-state index contributed by atoms with van der Waals surface area (Å²) in [6.07, 6.45) is 74.2. The van der Waals surface area contributed by atoms with Gasteiger partial charge in [-0.05, 0) is 25.7 Å². The van der Waals surface area contributed by atoms with Crippen molar-refractivity contribution in [1.29, 1.82) is 0 Å². The molecule has 1 atom stereocenters. The van der Waals surface area contributed by atoms with Crippen molar-refractivity contribution in [2.75, 3.05) is 6.61 Å². The van der Waals surface area contributed by atoms with Gasteiger partial charge in [-0.25, -0.2) is 0 Å². The molecule has 0 aromatic carbocycles. The molecule has 0 aliphatic carbocycles. The molecule has 4 heteroatoms. The van der Waals surface area contributed by atoms with Crippen LogP contribution in [0, 0.1) is 5.92 Å². The van der Waals surface area contributed by atoms with E-state index in [2.05, 4.69) is 27.7 Å². The predicted molar refractivity (Wildman–Crippen MR) is 303 cm³/mol. The number of esters is 1. The minimum atomic E-state index is -0.562. The van der Waals surface area contributed by atoms with Crippen molar-refractivity contribution in [3.63, 3.8) is 0 Å². The number of carbonyl (C=O) groups excluding carboxylic acids is 1. The largest absolute Gasteiger partial charge is 0.481 e. The highest BCUT2D eigenvalue weighted by atomic mass is 16.5. The van der Waals surface area contributed by atoms with Gasteiger partial charge in [0.25, 0.3) is 0 Å². The molecule has 4 nitrogen and oxygen atoms in total. The zero-order valence-electron chi connectivity index (χ0n) is 47.6. The van der Waals surface area contributed by atoms with Gasteiger partial charge in [0.1, 0.15) is 0 Å². The normalized spacial score (nSPS) is 11.8. The number of ether oxygens (including phenoxy) is 1. The minimum absolute atomic E-state index is 0.0284. The number of rotatable bonds is 58. The molecule has 0 saturated carbocycles. The average molecular weight is 962 g/mol. The summed E-state index contributed by atoms with van der Waals surface area (Å²) in [5.74, 6) is -0.629. The highest BCUT2D eigenvalue weighted by molar-refractivity contribution is 5.70. The van der Waals surface area contributed by atoms with E-state index in [9.17, 15) is 14.7 Å². The van der Waals surface area contributed by atoms with Gasteiger partial charge in [-0.3, -0.25) is 9.59 Å². The topological polar surface area (TPSA) is 63.6 Å². The van der Waals surface area contributed by atoms with E-state index in [1.54, 1.807) is 0 Å². The van der Waals surface area contributed by atoms with Crippen LogP contribution in [0.15, 0.2) is 0 Å². The molecule has 0 aliphatic rings. The first kappa shape index (κ1) is 69.0. The van der Waals surface area contributed by atoms with Gasteiger partial charge in [0, 0.05) is 6.42 Å². The Morgan fingerprint density at radius 2 is 0.471 bits per heavy atom. The lowest BCUT2D eigenvalue weighted by molar-refractivity contribution is -0.144. The number of carboxylic acids is 1. The summed E-state index contributed by atoms with van der Waals surface area (Å²) in [4.78, 5) is 23.4. The Morgan fingerprint density at radius 1 is 0.279 bits per heavy atom. The average Bonchev–Trinajstić information content (AvgIpc) is 3.34. The van der Waals surface area contributed by atoms with E-state index in [4.69, 9.17) is 4.74 Å². The highest BCUT2D eigenvalue weighted by Crippen LogP contribution is 2.21. The second-order valence-corrected chi connectivity index (χ2v) is 21.9. The summed E-state index contributed by atoms with van der Waals surface area (Å²) in [6.45, 7) is 9.75. The second kappa shape index (κ2) is 64.0. The molecule has 0 spiro atoms. The summed E-state index contributed by atoms with van der Waals surface area (Å²) in [6, 6.07) is 0. The van der Waals surface area contributed by atoms with Crippen LogP contribution in [0.1, 0.15) is 387 Å². The smallest absolute Gasteiger partial charge is 0.306 e. The van der Waals surface area contributed by atoms with Gasteiger partial charge in [-0.15, -0.1) is 0 Å². The molecule has 0 aromatic heterocycles. The summed E-state index contributed by atoms with van der Waals surface area (Å²) >= 11 is 0. The van der Waals surface area contributed by atoms with Gasteiger partial charge in [0.2, 0.25) is 0 Å². The van der Waals surface area contributed by atoms with Crippen LogP contribution in [0.4, 0.5) is 0 Å². The number of hydrogen-bond acceptors (Lipinski definition) is 3. The molecule has 1 unspecified atom stereocenters. The van der Waals surface area contributed by atoms with E-state index < -0.39 is 5.97 Å². The molecule has 0 aromatic rings. The van der Waals surface area contributed by atoms with Gasteiger partial charge in [-0.1, -0.05) is 355 Å². The molecule has 68 heavy (non-hydrogen) atoms. The SMILES string of the molecule is CCCCCCCCCCCCCCCCC(CCCCCCCCCC)C(=O)O.CCCCCCCCCCCCCCCCCCOC(=O)CCCCCCCCCCCCCCCCC. The van der Waals surface area contributed by atoms with Crippen LogP contribution in [-0.2, 0) is 14.3 Å². The van der Waals surface area contributed by atoms with Crippen molar-refractivity contribution < 1.29 is 19.4 Å². The summed E-state index contributed by atoms with van der Waals surface area (Å²) in [5, 5.41) is 9.48. The van der Waals surface area contributed by atoms with Crippen molar-refractivity contribution >= 4 is 11.9 Å².